The normalized spacial score (nSPS) is 20.7. The van der Waals surface area contributed by atoms with Crippen LogP contribution in [0.15, 0.2) is 94.6 Å². The Morgan fingerprint density at radius 2 is 1.45 bits per heavy atom. The van der Waals surface area contributed by atoms with Crippen molar-refractivity contribution in [3.63, 3.8) is 0 Å². The summed E-state index contributed by atoms with van der Waals surface area (Å²) in [7, 11) is 2.41. The fourth-order valence-corrected chi connectivity index (χ4v) is 8.05. The molecule has 0 spiro atoms. The lowest BCUT2D eigenvalue weighted by Crippen LogP contribution is -2.38. The van der Waals surface area contributed by atoms with Gasteiger partial charge in [-0.1, -0.05) is 54.6 Å². The molecule has 3 heterocycles. The van der Waals surface area contributed by atoms with E-state index in [1.807, 2.05) is 66.7 Å². The largest absolute Gasteiger partial charge is 0.497 e. The van der Waals surface area contributed by atoms with Crippen molar-refractivity contribution >= 4 is 8.30 Å². The van der Waals surface area contributed by atoms with E-state index in [2.05, 4.69) is 28.5 Å². The van der Waals surface area contributed by atoms with Gasteiger partial charge < -0.3 is 23.5 Å². The first kappa shape index (κ1) is 33.1. The van der Waals surface area contributed by atoms with E-state index >= 15 is 0 Å². The highest BCUT2D eigenvalue weighted by molar-refractivity contribution is 7.49. The molecule has 2 aliphatic heterocycles. The third-order valence-electron chi connectivity index (χ3n) is 9.04. The predicted molar refractivity (Wildman–Crippen MR) is 181 cm³/mol. The van der Waals surface area contributed by atoms with Crippen LogP contribution in [0, 0.1) is 6.92 Å². The highest BCUT2D eigenvalue weighted by Crippen LogP contribution is 2.47. The zero-order valence-corrected chi connectivity index (χ0v) is 28.2. The van der Waals surface area contributed by atoms with Crippen LogP contribution in [0.5, 0.6) is 11.5 Å². The van der Waals surface area contributed by atoms with Crippen molar-refractivity contribution in [2.24, 2.45) is 0 Å². The van der Waals surface area contributed by atoms with Crippen LogP contribution in [0.2, 0.25) is 0 Å². The topological polar surface area (TPSA) is 104 Å². The molecule has 1 unspecified atom stereocenters. The molecule has 2 saturated heterocycles. The number of ether oxygens (including phenoxy) is 4. The van der Waals surface area contributed by atoms with E-state index in [0.717, 1.165) is 54.1 Å². The average molecular weight is 660 g/mol. The maximum atomic E-state index is 12.9. The molecule has 0 radical (unpaired) electrons. The predicted octanol–water partition coefficient (Wildman–Crippen LogP) is 5.58. The number of rotatable bonds is 12. The lowest BCUT2D eigenvalue weighted by molar-refractivity contribution is -0.0912. The van der Waals surface area contributed by atoms with E-state index < -0.39 is 37.5 Å². The van der Waals surface area contributed by atoms with Crippen molar-refractivity contribution in [3.8, 4) is 11.5 Å². The van der Waals surface area contributed by atoms with Gasteiger partial charge in [-0.25, -0.2) is 4.79 Å². The summed E-state index contributed by atoms with van der Waals surface area (Å²) < 4.78 is 35.4. The summed E-state index contributed by atoms with van der Waals surface area (Å²) in [5, 5.41) is 0. The summed E-state index contributed by atoms with van der Waals surface area (Å²) in [6.45, 7) is 5.98. The van der Waals surface area contributed by atoms with Crippen molar-refractivity contribution in [1.82, 2.24) is 14.2 Å². The molecule has 47 heavy (non-hydrogen) atoms. The minimum Gasteiger partial charge on any atom is -0.497 e. The number of methoxy groups -OCH3 is 2. The van der Waals surface area contributed by atoms with E-state index in [1.54, 1.807) is 27.3 Å². The van der Waals surface area contributed by atoms with Crippen LogP contribution in [0.3, 0.4) is 0 Å². The molecule has 6 rings (SSSR count). The third kappa shape index (κ3) is 6.93. The van der Waals surface area contributed by atoms with Gasteiger partial charge in [0.25, 0.3) is 5.56 Å². The Balaban J connectivity index is 1.40. The standard InChI is InChI=1S/C36H42N3O7P/c1-25-23-39(35(41)37-34(25)40)33-22-31(46-47(4)38-20-8-9-21-38)32(45-33)24-44-36(26-10-6-5-7-11-26,27-12-16-29(42-2)17-13-27)28-14-18-30(43-3)19-15-28/h5-7,10-19,23,31-33H,8-9,20-22,24H2,1-4H3,(H,37,40,41)/t31-,32+,33+,47?/m0/s1. The quantitative estimate of drug-likeness (QED) is 0.155. The zero-order valence-electron chi connectivity index (χ0n) is 27.3. The van der Waals surface area contributed by atoms with E-state index in [1.165, 1.54) is 4.57 Å². The number of nitrogens with zero attached hydrogens (tertiary/aromatic N) is 2. The molecule has 248 valence electrons. The molecule has 10 nitrogen and oxygen atoms in total. The maximum absolute atomic E-state index is 12.9. The summed E-state index contributed by atoms with van der Waals surface area (Å²) in [5.74, 6) is 1.47. The van der Waals surface area contributed by atoms with Crippen LogP contribution >= 0.6 is 8.30 Å². The van der Waals surface area contributed by atoms with Crippen molar-refractivity contribution in [2.45, 2.75) is 50.2 Å². The van der Waals surface area contributed by atoms with Crippen LogP contribution in [0.25, 0.3) is 0 Å². The fourth-order valence-electron chi connectivity index (χ4n) is 6.46. The molecule has 11 heteroatoms. The van der Waals surface area contributed by atoms with Gasteiger partial charge in [0.15, 0.2) is 0 Å². The van der Waals surface area contributed by atoms with Crippen LogP contribution in [0.4, 0.5) is 0 Å². The molecule has 4 aromatic rings. The van der Waals surface area contributed by atoms with E-state index in [0.29, 0.717) is 12.0 Å². The van der Waals surface area contributed by atoms with Crippen LogP contribution in [-0.4, -0.2) is 67.0 Å². The number of hydrogen-bond donors (Lipinski definition) is 1. The molecule has 0 amide bonds. The van der Waals surface area contributed by atoms with Crippen LogP contribution in [0.1, 0.15) is 47.7 Å². The second-order valence-electron chi connectivity index (χ2n) is 11.9. The van der Waals surface area contributed by atoms with Gasteiger partial charge in [-0.3, -0.25) is 19.0 Å². The van der Waals surface area contributed by atoms with Gasteiger partial charge in [0.1, 0.15) is 37.7 Å². The molecule has 2 aliphatic rings. The first-order chi connectivity index (χ1) is 22.8. The van der Waals surface area contributed by atoms with Gasteiger partial charge in [-0.15, -0.1) is 0 Å². The summed E-state index contributed by atoms with van der Waals surface area (Å²) in [5.41, 5.74) is 1.22. The molecule has 0 saturated carbocycles. The Hall–Kier alpha value is -3.79. The molecule has 1 aromatic heterocycles. The summed E-state index contributed by atoms with van der Waals surface area (Å²) in [6, 6.07) is 25.9. The summed E-state index contributed by atoms with van der Waals surface area (Å²) >= 11 is 0. The minimum atomic E-state index is -1.04. The highest BCUT2D eigenvalue weighted by atomic mass is 31.2. The lowest BCUT2D eigenvalue weighted by Gasteiger charge is -2.37. The van der Waals surface area contributed by atoms with Gasteiger partial charge in [-0.2, -0.15) is 0 Å². The van der Waals surface area contributed by atoms with Crippen LogP contribution < -0.4 is 20.7 Å². The van der Waals surface area contributed by atoms with E-state index in [4.69, 9.17) is 23.5 Å². The Kier molecular flexibility index (Phi) is 10.2. The molecular weight excluding hydrogens is 617 g/mol. The number of aryl methyl sites for hydroxylation is 1. The minimum absolute atomic E-state index is 0.161. The first-order valence-corrected chi connectivity index (χ1v) is 17.6. The van der Waals surface area contributed by atoms with Gasteiger partial charge in [-0.05, 0) is 67.4 Å². The highest BCUT2D eigenvalue weighted by Gasteiger charge is 2.44. The molecule has 4 atom stereocenters. The first-order valence-electron chi connectivity index (χ1n) is 15.9. The number of nitrogens with one attached hydrogen (secondary N) is 1. The third-order valence-corrected chi connectivity index (χ3v) is 10.8. The van der Waals surface area contributed by atoms with Crippen molar-refractivity contribution < 1.29 is 23.5 Å². The summed E-state index contributed by atoms with van der Waals surface area (Å²) in [4.78, 5) is 27.5. The van der Waals surface area contributed by atoms with Gasteiger partial charge in [0, 0.05) is 31.3 Å². The Bertz CT molecular complexity index is 1690. The van der Waals surface area contributed by atoms with Crippen molar-refractivity contribution in [2.75, 3.05) is 40.6 Å². The second kappa shape index (κ2) is 14.5. The molecule has 3 aromatic carbocycles. The van der Waals surface area contributed by atoms with Gasteiger partial charge in [0.2, 0.25) is 0 Å². The molecule has 0 aliphatic carbocycles. The number of aromatic amines is 1. The number of hydrogen-bond acceptors (Lipinski definition) is 8. The van der Waals surface area contributed by atoms with Gasteiger partial charge in [0.05, 0.1) is 26.9 Å². The number of aromatic nitrogens is 2. The molecule has 0 bridgehead atoms. The van der Waals surface area contributed by atoms with Crippen LogP contribution in [-0.2, 0) is 19.6 Å². The Morgan fingerprint density at radius 3 is 2.02 bits per heavy atom. The van der Waals surface area contributed by atoms with Gasteiger partial charge >= 0.3 is 5.69 Å². The number of benzene rings is 3. The lowest BCUT2D eigenvalue weighted by atomic mass is 9.80. The summed E-state index contributed by atoms with van der Waals surface area (Å²) in [6.07, 6.45) is 2.81. The molecular formula is C36H42N3O7P. The number of H-pyrrole nitrogens is 1. The van der Waals surface area contributed by atoms with E-state index in [-0.39, 0.29) is 12.7 Å². The van der Waals surface area contributed by atoms with Crippen molar-refractivity contribution in [3.05, 3.63) is 128 Å². The molecule has 2 fully saturated rings. The van der Waals surface area contributed by atoms with Crippen molar-refractivity contribution in [1.29, 1.82) is 0 Å². The van der Waals surface area contributed by atoms with E-state index in [9.17, 15) is 9.59 Å². The average Bonchev–Trinajstić information content (AvgIpc) is 3.79. The smallest absolute Gasteiger partial charge is 0.330 e. The molecule has 1 N–H and O–H groups in total. The monoisotopic (exact) mass is 659 g/mol. The maximum Gasteiger partial charge on any atom is 0.330 e. The second-order valence-corrected chi connectivity index (χ2v) is 13.6. The Morgan fingerprint density at radius 1 is 0.872 bits per heavy atom. The fraction of sp³-hybridized carbons (Fsp3) is 0.389. The Labute approximate surface area is 276 Å². The SMILES string of the molecule is COc1ccc(C(OC[C@H]2O[C@@H](n3cc(C)c(=O)[nH]c3=O)C[C@@H]2OP(C)N2CCCC2)(c2ccccc2)c2ccc(OC)cc2)cc1. The zero-order chi connectivity index (χ0) is 33.0.